The van der Waals surface area contributed by atoms with Crippen LogP contribution in [0.2, 0.25) is 0 Å². The maximum absolute atomic E-state index is 6.18. The van der Waals surface area contributed by atoms with Gasteiger partial charge in [-0.05, 0) is 41.0 Å². The van der Waals surface area contributed by atoms with E-state index >= 15 is 0 Å². The quantitative estimate of drug-likeness (QED) is 0.181. The summed E-state index contributed by atoms with van der Waals surface area (Å²) in [6, 6.07) is 42.2. The number of rotatable bonds is 10. The Morgan fingerprint density at radius 1 is 0.629 bits per heavy atom. The van der Waals surface area contributed by atoms with E-state index in [4.69, 9.17) is 9.72 Å². The van der Waals surface area contributed by atoms with Gasteiger partial charge in [0.1, 0.15) is 12.4 Å². The number of ether oxygens (including phenoxy) is 1. The lowest BCUT2D eigenvalue weighted by Gasteiger charge is -2.18. The molecule has 0 aliphatic carbocycles. The Kier molecular flexibility index (Phi) is 8.04. The highest BCUT2D eigenvalue weighted by atomic mass is 32.2. The van der Waals surface area contributed by atoms with E-state index in [2.05, 4.69) is 91.0 Å². The summed E-state index contributed by atoms with van der Waals surface area (Å²) in [7, 11) is 0. The van der Waals surface area contributed by atoms with E-state index in [-0.39, 0.29) is 0 Å². The van der Waals surface area contributed by atoms with Crippen LogP contribution >= 0.6 is 23.5 Å². The summed E-state index contributed by atoms with van der Waals surface area (Å²) in [6.45, 7) is 0.452. The smallest absolute Gasteiger partial charge is 0.130 e. The molecule has 174 valence electrons. The summed E-state index contributed by atoms with van der Waals surface area (Å²) in [5.41, 5.74) is 5.89. The molecule has 5 aromatic rings. The first-order valence-electron chi connectivity index (χ1n) is 11.7. The number of fused-ring (bicyclic) bond motifs is 1. The van der Waals surface area contributed by atoms with Crippen molar-refractivity contribution in [2.45, 2.75) is 22.7 Å². The van der Waals surface area contributed by atoms with Crippen LogP contribution in [0.5, 0.6) is 5.75 Å². The van der Waals surface area contributed by atoms with Crippen LogP contribution in [0.1, 0.15) is 27.0 Å². The molecule has 1 aromatic heterocycles. The molecule has 35 heavy (non-hydrogen) atoms. The molecule has 0 radical (unpaired) electrons. The van der Waals surface area contributed by atoms with Crippen molar-refractivity contribution >= 4 is 34.4 Å². The maximum atomic E-state index is 6.18. The molecule has 0 unspecified atom stereocenters. The molecule has 4 aromatic carbocycles. The molecular formula is C31H27NOS2. The molecule has 0 atom stereocenters. The number of aromatic nitrogens is 1. The Bertz CT molecular complexity index is 1310. The molecule has 0 spiro atoms. The normalized spacial score (nSPS) is 11.1. The number of nitrogens with zero attached hydrogens (tertiary/aromatic N) is 1. The first-order chi connectivity index (χ1) is 17.3. The molecule has 0 N–H and O–H groups in total. The number of hydrogen-bond donors (Lipinski definition) is 0. The Labute approximate surface area is 215 Å². The predicted molar refractivity (Wildman–Crippen MR) is 151 cm³/mol. The van der Waals surface area contributed by atoms with Crippen LogP contribution in [0.4, 0.5) is 0 Å². The molecule has 2 nitrogen and oxygen atoms in total. The van der Waals surface area contributed by atoms with Gasteiger partial charge < -0.3 is 4.74 Å². The Hall–Kier alpha value is -3.21. The second kappa shape index (κ2) is 12.0. The van der Waals surface area contributed by atoms with Gasteiger partial charge in [0, 0.05) is 16.9 Å². The molecule has 0 saturated carbocycles. The van der Waals surface area contributed by atoms with E-state index in [9.17, 15) is 0 Å². The van der Waals surface area contributed by atoms with Crippen LogP contribution in [-0.2, 0) is 18.1 Å². The van der Waals surface area contributed by atoms with Crippen molar-refractivity contribution < 1.29 is 4.74 Å². The molecular weight excluding hydrogens is 466 g/mol. The Morgan fingerprint density at radius 3 is 2.00 bits per heavy atom. The van der Waals surface area contributed by atoms with Crippen molar-refractivity contribution in [2.24, 2.45) is 0 Å². The zero-order valence-corrected chi connectivity index (χ0v) is 21.1. The zero-order chi connectivity index (χ0) is 23.7. The molecule has 1 heterocycles. The Morgan fingerprint density at radius 2 is 1.29 bits per heavy atom. The van der Waals surface area contributed by atoms with Crippen molar-refractivity contribution in [3.8, 4) is 5.75 Å². The third-order valence-corrected chi connectivity index (χ3v) is 8.63. The van der Waals surface area contributed by atoms with E-state index < -0.39 is 0 Å². The van der Waals surface area contributed by atoms with Crippen molar-refractivity contribution in [3.05, 3.63) is 144 Å². The lowest BCUT2D eigenvalue weighted by atomic mass is 10.2. The number of para-hydroxylation sites is 1. The number of thioether (sulfide) groups is 2. The SMILES string of the molecule is c1ccc(CSC(SCc2ccccc2)c2cccc(OCc3ccc4ccccc4n3)c2)cc1. The molecule has 0 bridgehead atoms. The first kappa shape index (κ1) is 23.5. The van der Waals surface area contributed by atoms with Gasteiger partial charge in [0.25, 0.3) is 0 Å². The molecule has 0 aliphatic rings. The topological polar surface area (TPSA) is 22.1 Å². The van der Waals surface area contributed by atoms with Crippen LogP contribution < -0.4 is 4.74 Å². The van der Waals surface area contributed by atoms with Crippen LogP contribution in [0, 0.1) is 0 Å². The number of benzene rings is 4. The molecule has 0 aliphatic heterocycles. The number of pyridine rings is 1. The first-order valence-corrected chi connectivity index (χ1v) is 13.8. The van der Waals surface area contributed by atoms with Gasteiger partial charge in [-0.2, -0.15) is 0 Å². The highest BCUT2D eigenvalue weighted by Gasteiger charge is 2.15. The summed E-state index contributed by atoms with van der Waals surface area (Å²) in [6.07, 6.45) is 0. The molecule has 4 heteroatoms. The van der Waals surface area contributed by atoms with Crippen molar-refractivity contribution in [1.29, 1.82) is 0 Å². The standard InChI is InChI=1S/C31H27NOS2/c1-3-10-24(11-4-1)22-34-31(35-23-25-12-5-2-6-13-25)27-15-9-16-29(20-27)33-21-28-19-18-26-14-7-8-17-30(26)32-28/h1-20,31H,21-23H2. The fourth-order valence-electron chi connectivity index (χ4n) is 3.83. The summed E-state index contributed by atoms with van der Waals surface area (Å²) < 4.78 is 6.48. The summed E-state index contributed by atoms with van der Waals surface area (Å²) in [5, 5.41) is 1.15. The van der Waals surface area contributed by atoms with E-state index in [0.717, 1.165) is 33.9 Å². The van der Waals surface area contributed by atoms with Gasteiger partial charge in [0.2, 0.25) is 0 Å². The minimum absolute atomic E-state index is 0.303. The highest BCUT2D eigenvalue weighted by molar-refractivity contribution is 8.15. The fraction of sp³-hybridized carbons (Fsp3) is 0.129. The minimum Gasteiger partial charge on any atom is -0.487 e. The molecule has 0 saturated heterocycles. The summed E-state index contributed by atoms with van der Waals surface area (Å²) in [5.74, 6) is 2.82. The molecule has 0 amide bonds. The monoisotopic (exact) mass is 493 g/mol. The zero-order valence-electron chi connectivity index (χ0n) is 19.4. The van der Waals surface area contributed by atoms with E-state index in [1.807, 2.05) is 53.9 Å². The van der Waals surface area contributed by atoms with Gasteiger partial charge in [0.15, 0.2) is 0 Å². The second-order valence-corrected chi connectivity index (χ2v) is 10.8. The van der Waals surface area contributed by atoms with Gasteiger partial charge in [-0.3, -0.25) is 0 Å². The van der Waals surface area contributed by atoms with Crippen LogP contribution in [0.3, 0.4) is 0 Å². The fourth-order valence-corrected chi connectivity index (χ4v) is 6.37. The van der Waals surface area contributed by atoms with Gasteiger partial charge in [0.05, 0.1) is 15.8 Å². The van der Waals surface area contributed by atoms with E-state index in [1.54, 1.807) is 0 Å². The van der Waals surface area contributed by atoms with Crippen LogP contribution in [0.15, 0.2) is 121 Å². The van der Waals surface area contributed by atoms with Crippen molar-refractivity contribution in [3.63, 3.8) is 0 Å². The lowest BCUT2D eigenvalue weighted by molar-refractivity contribution is 0.301. The third kappa shape index (κ3) is 6.68. The average molecular weight is 494 g/mol. The summed E-state index contributed by atoms with van der Waals surface area (Å²) in [4.78, 5) is 4.74. The van der Waals surface area contributed by atoms with Gasteiger partial charge in [-0.25, -0.2) is 4.98 Å². The molecule has 5 rings (SSSR count). The third-order valence-electron chi connectivity index (χ3n) is 5.66. The average Bonchev–Trinajstić information content (AvgIpc) is 2.93. The Balaban J connectivity index is 1.29. The van der Waals surface area contributed by atoms with Crippen LogP contribution in [-0.4, -0.2) is 4.98 Å². The van der Waals surface area contributed by atoms with Gasteiger partial charge in [-0.1, -0.05) is 97.1 Å². The minimum atomic E-state index is 0.303. The number of hydrogen-bond acceptors (Lipinski definition) is 4. The van der Waals surface area contributed by atoms with E-state index in [0.29, 0.717) is 11.2 Å². The molecule has 0 fully saturated rings. The van der Waals surface area contributed by atoms with Crippen molar-refractivity contribution in [2.75, 3.05) is 0 Å². The lowest BCUT2D eigenvalue weighted by Crippen LogP contribution is -1.99. The van der Waals surface area contributed by atoms with Crippen molar-refractivity contribution in [1.82, 2.24) is 4.98 Å². The summed E-state index contributed by atoms with van der Waals surface area (Å²) >= 11 is 3.93. The largest absolute Gasteiger partial charge is 0.487 e. The van der Waals surface area contributed by atoms with E-state index in [1.165, 1.54) is 16.7 Å². The predicted octanol–water partition coefficient (Wildman–Crippen LogP) is 8.68. The van der Waals surface area contributed by atoms with Gasteiger partial charge in [-0.15, -0.1) is 23.5 Å². The maximum Gasteiger partial charge on any atom is 0.130 e. The second-order valence-electron chi connectivity index (χ2n) is 8.28. The highest BCUT2D eigenvalue weighted by Crippen LogP contribution is 2.43. The van der Waals surface area contributed by atoms with Crippen LogP contribution in [0.25, 0.3) is 10.9 Å². The van der Waals surface area contributed by atoms with Gasteiger partial charge >= 0.3 is 0 Å².